The zero-order chi connectivity index (χ0) is 29.5. The summed E-state index contributed by atoms with van der Waals surface area (Å²) in [6, 6.07) is 60.0. The van der Waals surface area contributed by atoms with Gasteiger partial charge in [-0.2, -0.15) is 0 Å². The van der Waals surface area contributed by atoms with Crippen LogP contribution in [0.1, 0.15) is 0 Å². The molecule has 0 aromatic heterocycles. The summed E-state index contributed by atoms with van der Waals surface area (Å²) in [6.45, 7) is 0. The van der Waals surface area contributed by atoms with Crippen molar-refractivity contribution in [2.75, 3.05) is 4.90 Å². The zero-order valence-corrected chi connectivity index (χ0v) is 24.5. The Kier molecular flexibility index (Phi) is 5.06. The van der Waals surface area contributed by atoms with E-state index in [0.717, 1.165) is 17.1 Å². The summed E-state index contributed by atoms with van der Waals surface area (Å²) in [6.07, 6.45) is 0. The Morgan fingerprint density at radius 3 is 1.47 bits per heavy atom. The number of hydrogen-bond donors (Lipinski definition) is 0. The third-order valence-electron chi connectivity index (χ3n) is 9.67. The Labute approximate surface area is 260 Å². The van der Waals surface area contributed by atoms with E-state index in [1.54, 1.807) is 0 Å². The molecule has 0 atom stereocenters. The zero-order valence-electron chi connectivity index (χ0n) is 24.5. The van der Waals surface area contributed by atoms with Crippen LogP contribution in [0.4, 0.5) is 17.1 Å². The second-order valence-electron chi connectivity index (χ2n) is 12.0. The van der Waals surface area contributed by atoms with E-state index >= 15 is 0 Å². The smallest absolute Gasteiger partial charge is 0.0474 e. The second-order valence-corrected chi connectivity index (χ2v) is 12.0. The summed E-state index contributed by atoms with van der Waals surface area (Å²) in [5.41, 5.74) is 5.99. The molecule has 10 rings (SSSR count). The van der Waals surface area contributed by atoms with Gasteiger partial charge in [0.2, 0.25) is 0 Å². The van der Waals surface area contributed by atoms with Crippen LogP contribution in [-0.4, -0.2) is 0 Å². The van der Waals surface area contributed by atoms with Gasteiger partial charge in [0.05, 0.1) is 0 Å². The minimum Gasteiger partial charge on any atom is -0.310 e. The molecule has 0 aliphatic rings. The third kappa shape index (κ3) is 3.38. The topological polar surface area (TPSA) is 3.24 Å². The van der Waals surface area contributed by atoms with Gasteiger partial charge in [0, 0.05) is 17.1 Å². The Bertz CT molecular complexity index is 2630. The molecule has 1 nitrogen and oxygen atoms in total. The normalized spacial score (nSPS) is 12.0. The van der Waals surface area contributed by atoms with Gasteiger partial charge in [0.15, 0.2) is 0 Å². The number of fused-ring (bicyclic) bond motifs is 7. The lowest BCUT2D eigenvalue weighted by atomic mass is 9.90. The molecule has 10 aromatic carbocycles. The van der Waals surface area contributed by atoms with E-state index in [9.17, 15) is 0 Å². The van der Waals surface area contributed by atoms with Gasteiger partial charge in [-0.05, 0) is 112 Å². The van der Waals surface area contributed by atoms with Gasteiger partial charge in [-0.25, -0.2) is 0 Å². The second kappa shape index (κ2) is 9.29. The summed E-state index contributed by atoms with van der Waals surface area (Å²) < 4.78 is 0. The monoisotopic (exact) mass is 569 g/mol. The van der Waals surface area contributed by atoms with E-state index in [1.165, 1.54) is 75.8 Å². The molecular weight excluding hydrogens is 542 g/mol. The van der Waals surface area contributed by atoms with Crippen LogP contribution >= 0.6 is 0 Å². The first-order chi connectivity index (χ1) is 22.4. The maximum Gasteiger partial charge on any atom is 0.0474 e. The Balaban J connectivity index is 1.48. The van der Waals surface area contributed by atoms with E-state index in [2.05, 4.69) is 169 Å². The van der Waals surface area contributed by atoms with E-state index < -0.39 is 0 Å². The summed E-state index contributed by atoms with van der Waals surface area (Å²) in [5.74, 6) is 0. The molecule has 10 aromatic rings. The van der Waals surface area contributed by atoms with Gasteiger partial charge in [0.25, 0.3) is 0 Å². The van der Waals surface area contributed by atoms with Crippen LogP contribution < -0.4 is 4.90 Å². The van der Waals surface area contributed by atoms with Crippen LogP contribution in [0.2, 0.25) is 0 Å². The quantitative estimate of drug-likeness (QED) is 0.204. The van der Waals surface area contributed by atoms with Crippen molar-refractivity contribution < 1.29 is 0 Å². The highest BCUT2D eigenvalue weighted by molar-refractivity contribution is 6.48. The first kappa shape index (κ1) is 24.5. The minimum absolute atomic E-state index is 1.14. The lowest BCUT2D eigenvalue weighted by molar-refractivity contribution is 1.29. The van der Waals surface area contributed by atoms with Crippen molar-refractivity contribution >= 4 is 81.7 Å². The molecule has 1 heteroatoms. The fraction of sp³-hybridized carbons (Fsp3) is 0. The fourth-order valence-corrected chi connectivity index (χ4v) is 7.95. The van der Waals surface area contributed by atoms with Crippen LogP contribution in [-0.2, 0) is 0 Å². The van der Waals surface area contributed by atoms with Crippen molar-refractivity contribution in [3.63, 3.8) is 0 Å². The summed E-state index contributed by atoms with van der Waals surface area (Å²) in [5, 5.41) is 16.0. The summed E-state index contributed by atoms with van der Waals surface area (Å²) in [4.78, 5) is 2.40. The van der Waals surface area contributed by atoms with Gasteiger partial charge in [0.1, 0.15) is 0 Å². The van der Waals surface area contributed by atoms with Crippen molar-refractivity contribution in [3.8, 4) is 11.1 Å². The molecule has 0 N–H and O–H groups in total. The lowest BCUT2D eigenvalue weighted by Gasteiger charge is -2.26. The standard InChI is InChI=1S/C44H27N/c1-4-14-29(15-5-1)40-38-27-32(45(30-18-6-2-7-19-30)31-20-8-3-9-21-31)26-37-33-22-10-11-23-34(33)42(41(37)38)44-36-25-13-17-28-16-12-24-35(39(28)36)43(40)44/h1-27H. The molecule has 0 spiro atoms. The number of para-hydroxylation sites is 2. The van der Waals surface area contributed by atoms with Gasteiger partial charge >= 0.3 is 0 Å². The van der Waals surface area contributed by atoms with E-state index in [4.69, 9.17) is 0 Å². The summed E-state index contributed by atoms with van der Waals surface area (Å²) in [7, 11) is 0. The Morgan fingerprint density at radius 2 is 0.800 bits per heavy atom. The predicted octanol–water partition coefficient (Wildman–Crippen LogP) is 12.6. The molecule has 0 unspecified atom stereocenters. The Hall–Kier alpha value is -5.92. The molecule has 0 saturated carbocycles. The molecule has 0 fully saturated rings. The van der Waals surface area contributed by atoms with E-state index in [-0.39, 0.29) is 0 Å². The number of benzene rings is 8. The predicted molar refractivity (Wildman–Crippen MR) is 194 cm³/mol. The lowest BCUT2D eigenvalue weighted by Crippen LogP contribution is -2.09. The maximum atomic E-state index is 2.44. The van der Waals surface area contributed by atoms with E-state index in [0.29, 0.717) is 0 Å². The molecule has 0 heterocycles. The third-order valence-corrected chi connectivity index (χ3v) is 9.67. The van der Waals surface area contributed by atoms with Crippen LogP contribution in [0.3, 0.4) is 0 Å². The molecule has 208 valence electrons. The van der Waals surface area contributed by atoms with Crippen LogP contribution in [0.5, 0.6) is 0 Å². The first-order valence-electron chi connectivity index (χ1n) is 15.6. The SMILES string of the molecule is c1ccc(-c2c3cc(N(c4ccccc4)c4ccccc4)cc4c5ccccc5c(c34)c3c4cccc5cccc(c23)c54)cc1. The highest BCUT2D eigenvalue weighted by atomic mass is 15.1. The van der Waals surface area contributed by atoms with Crippen molar-refractivity contribution in [1.29, 1.82) is 0 Å². The van der Waals surface area contributed by atoms with Gasteiger partial charge in [-0.15, -0.1) is 0 Å². The van der Waals surface area contributed by atoms with Gasteiger partial charge < -0.3 is 4.90 Å². The van der Waals surface area contributed by atoms with Crippen molar-refractivity contribution in [2.24, 2.45) is 0 Å². The maximum absolute atomic E-state index is 2.44. The highest BCUT2D eigenvalue weighted by Crippen LogP contribution is 2.54. The van der Waals surface area contributed by atoms with Crippen molar-refractivity contribution in [1.82, 2.24) is 0 Å². The van der Waals surface area contributed by atoms with Gasteiger partial charge in [-0.1, -0.05) is 127 Å². The number of hydrogen-bond acceptors (Lipinski definition) is 1. The summed E-state index contributed by atoms with van der Waals surface area (Å²) >= 11 is 0. The van der Waals surface area contributed by atoms with Crippen molar-refractivity contribution in [2.45, 2.75) is 0 Å². The largest absolute Gasteiger partial charge is 0.310 e. The molecule has 0 radical (unpaired) electrons. The molecule has 0 amide bonds. The van der Waals surface area contributed by atoms with Crippen LogP contribution in [0, 0.1) is 0 Å². The highest BCUT2D eigenvalue weighted by Gasteiger charge is 2.26. The average molecular weight is 570 g/mol. The van der Waals surface area contributed by atoms with Crippen molar-refractivity contribution in [3.05, 3.63) is 164 Å². The Morgan fingerprint density at radius 1 is 0.289 bits per heavy atom. The average Bonchev–Trinajstić information content (AvgIpc) is 3.61. The molecule has 0 aliphatic carbocycles. The molecule has 0 bridgehead atoms. The number of rotatable bonds is 4. The molecule has 0 saturated heterocycles. The number of nitrogens with zero attached hydrogens (tertiary/aromatic N) is 1. The van der Waals surface area contributed by atoms with E-state index in [1.807, 2.05) is 0 Å². The minimum atomic E-state index is 1.14. The number of anilines is 3. The van der Waals surface area contributed by atoms with Crippen LogP contribution in [0.15, 0.2) is 164 Å². The van der Waals surface area contributed by atoms with Crippen LogP contribution in [0.25, 0.3) is 75.8 Å². The fourth-order valence-electron chi connectivity index (χ4n) is 7.95. The molecular formula is C44H27N. The molecule has 45 heavy (non-hydrogen) atoms. The molecule has 0 aliphatic heterocycles. The van der Waals surface area contributed by atoms with Gasteiger partial charge in [-0.3, -0.25) is 0 Å². The first-order valence-corrected chi connectivity index (χ1v) is 15.6.